The van der Waals surface area contributed by atoms with Crippen LogP contribution in [-0.2, 0) is 76.2 Å². The maximum absolute atomic E-state index is 13.6. The molecule has 0 radical (unpaired) electrons. The number of aliphatic hydroxyl groups excluding tert-OH is 15. The van der Waals surface area contributed by atoms with E-state index < -0.39 is 242 Å². The molecule has 0 spiro atoms. The Morgan fingerprint density at radius 1 is 0.541 bits per heavy atom. The lowest BCUT2D eigenvalue weighted by Crippen LogP contribution is -2.69. The quantitative estimate of drug-likeness (QED) is 0.0383. The third kappa shape index (κ3) is 15.3. The summed E-state index contributed by atoms with van der Waals surface area (Å²) in [5.74, 6) is -1.31. The van der Waals surface area contributed by atoms with Crippen LogP contribution in [0.3, 0.4) is 0 Å². The van der Waals surface area contributed by atoms with Gasteiger partial charge in [0, 0.05) is 12.3 Å². The highest BCUT2D eigenvalue weighted by molar-refractivity contribution is 7.80. The first-order valence-corrected chi connectivity index (χ1v) is 35.7. The fraction of sp³-hybridized carbons (Fsp3) is 0.953. The van der Waals surface area contributed by atoms with Crippen molar-refractivity contribution in [3.8, 4) is 0 Å². The standard InChI is InChI=1S/C64H106O33S/c1-22(2)23(3)33(67)19-64(10,81)37-12-11-30-29-18-34(32-17-28(97-98(82,83)84)13-15-62(32,8)31(29)14-16-63(30,37)9)89-59-50(80)53(40(70)26(6)87-59)94-60-54(95-56-45(75)42(72)38(68)24(4)85-56)48(78)51(27(7)88-60)92-61-55(96-57-46(76)43(73)39(69)25(5)86-57)49(79)52(36(21-66)91-61)93-58-47(77)44(74)41(71)35(20-65)90-58/h14,22-30,32,34-61,65-66,68-81H,11-13,15-21H2,1-10H3,(H,82,83,84)/t23-,24?,25?,26?,27?,28-,29?,30?,32?,34?,35?,36?,37-,38?,39?,40?,41?,42?,43?,44?,45?,46?,47?,48?,49?,50?,51?,52?,53?,54?,55?,56?,57?,58?,59?,60?,61?,62+,63-,64?/m0/s1. The topological polar surface area (TPSA) is 515 Å². The zero-order valence-corrected chi connectivity index (χ0v) is 57.4. The molecular formula is C64H106O33S. The first-order valence-electron chi connectivity index (χ1n) is 34.3. The van der Waals surface area contributed by atoms with Crippen molar-refractivity contribution in [1.82, 2.24) is 0 Å². The van der Waals surface area contributed by atoms with E-state index in [2.05, 4.69) is 19.9 Å². The number of allylic oxidation sites excluding steroid dienone is 2. The zero-order chi connectivity index (χ0) is 72.1. The summed E-state index contributed by atoms with van der Waals surface area (Å²) < 4.78 is 114. The number of carbonyl (C=O) groups is 1. The average molecular weight is 1440 g/mol. The van der Waals surface area contributed by atoms with Crippen LogP contribution in [0.2, 0.25) is 0 Å². The molecule has 10 aliphatic rings. The van der Waals surface area contributed by atoms with Crippen molar-refractivity contribution in [1.29, 1.82) is 0 Å². The van der Waals surface area contributed by atoms with Gasteiger partial charge in [0.25, 0.3) is 0 Å². The van der Waals surface area contributed by atoms with Crippen LogP contribution in [0, 0.1) is 46.3 Å². The molecule has 40 atom stereocenters. The number of carbonyl (C=O) groups excluding carboxylic acids is 1. The summed E-state index contributed by atoms with van der Waals surface area (Å²) in [7, 11) is -4.93. The molecule has 0 aromatic rings. The molecule has 4 aliphatic carbocycles. The second-order valence-electron chi connectivity index (χ2n) is 30.3. The Labute approximate surface area is 568 Å². The first-order chi connectivity index (χ1) is 45.8. The van der Waals surface area contributed by atoms with Crippen LogP contribution in [0.1, 0.15) is 121 Å². The van der Waals surface area contributed by atoms with E-state index in [0.717, 1.165) is 5.57 Å². The number of hydrogen-bond acceptors (Lipinski definition) is 32. The fourth-order valence-electron chi connectivity index (χ4n) is 17.5. The molecule has 0 aromatic carbocycles. The number of rotatable bonds is 21. The molecule has 9 fully saturated rings. The number of ketones is 1. The number of aliphatic hydroxyl groups is 16. The van der Waals surface area contributed by atoms with Gasteiger partial charge in [0.05, 0.1) is 55.4 Å². The Morgan fingerprint density at radius 3 is 1.56 bits per heavy atom. The van der Waals surface area contributed by atoms with Crippen molar-refractivity contribution in [3.63, 3.8) is 0 Å². The van der Waals surface area contributed by atoms with Gasteiger partial charge in [0.2, 0.25) is 0 Å². The molecule has 566 valence electrons. The van der Waals surface area contributed by atoms with Crippen LogP contribution in [0.5, 0.6) is 0 Å². The molecule has 3 saturated carbocycles. The summed E-state index contributed by atoms with van der Waals surface area (Å²) in [4.78, 5) is 13.6. The minimum absolute atomic E-state index is 0.0254. The van der Waals surface area contributed by atoms with E-state index in [0.29, 0.717) is 25.7 Å². The highest BCUT2D eigenvalue weighted by Gasteiger charge is 2.65. The second kappa shape index (κ2) is 30.6. The molecule has 0 amide bonds. The smallest absolute Gasteiger partial charge is 0.394 e. The van der Waals surface area contributed by atoms with Crippen LogP contribution >= 0.6 is 0 Å². The van der Waals surface area contributed by atoms with Crippen LogP contribution in [-0.4, -0.2) is 316 Å². The van der Waals surface area contributed by atoms with Gasteiger partial charge < -0.3 is 139 Å². The molecule has 6 heterocycles. The summed E-state index contributed by atoms with van der Waals surface area (Å²) in [5.41, 5.74) is -1.43. The molecule has 17 N–H and O–H groups in total. The molecule has 34 heteroatoms. The molecule has 0 aromatic heterocycles. The molecule has 33 nitrogen and oxygen atoms in total. The maximum atomic E-state index is 13.6. The number of fused-ring (bicyclic) bond motifs is 5. The lowest BCUT2D eigenvalue weighted by atomic mass is 9.47. The number of hydrogen-bond donors (Lipinski definition) is 17. The molecule has 0 bridgehead atoms. The third-order valence-corrected chi connectivity index (χ3v) is 24.1. The van der Waals surface area contributed by atoms with E-state index in [1.165, 1.54) is 27.7 Å². The van der Waals surface area contributed by atoms with Crippen LogP contribution < -0.4 is 0 Å². The number of Topliss-reactive ketones (excluding diaryl/α,β-unsaturated/α-hetero) is 1. The Morgan fingerprint density at radius 2 is 1.01 bits per heavy atom. The van der Waals surface area contributed by atoms with Gasteiger partial charge in [0.1, 0.15) is 128 Å². The van der Waals surface area contributed by atoms with Gasteiger partial charge in [-0.25, -0.2) is 4.18 Å². The van der Waals surface area contributed by atoms with Gasteiger partial charge in [0.15, 0.2) is 37.7 Å². The van der Waals surface area contributed by atoms with E-state index in [-0.39, 0.29) is 61.1 Å². The minimum atomic E-state index is -4.93. The summed E-state index contributed by atoms with van der Waals surface area (Å²) in [5, 5.41) is 180. The molecule has 6 aliphatic heterocycles. The summed E-state index contributed by atoms with van der Waals surface area (Å²) in [6.45, 7) is 15.3. The largest absolute Gasteiger partial charge is 0.397 e. The van der Waals surface area contributed by atoms with E-state index in [4.69, 9.17) is 61.0 Å². The maximum Gasteiger partial charge on any atom is 0.397 e. The lowest BCUT2D eigenvalue weighted by molar-refractivity contribution is -0.413. The van der Waals surface area contributed by atoms with Crippen molar-refractivity contribution >= 4 is 16.2 Å². The van der Waals surface area contributed by atoms with Gasteiger partial charge >= 0.3 is 10.4 Å². The highest BCUT2D eigenvalue weighted by atomic mass is 32.3. The molecular weight excluding hydrogens is 1330 g/mol. The van der Waals surface area contributed by atoms with Gasteiger partial charge in [-0.3, -0.25) is 9.35 Å². The lowest BCUT2D eigenvalue weighted by Gasteiger charge is -2.60. The number of ether oxygens (including phenoxy) is 12. The fourth-order valence-corrected chi connectivity index (χ4v) is 18.0. The van der Waals surface area contributed by atoms with E-state index in [1.54, 1.807) is 6.92 Å². The van der Waals surface area contributed by atoms with Crippen LogP contribution in [0.15, 0.2) is 11.6 Å². The highest BCUT2D eigenvalue weighted by Crippen LogP contribution is 2.68. The van der Waals surface area contributed by atoms with E-state index in [1.807, 2.05) is 20.8 Å². The molecule has 35 unspecified atom stereocenters. The van der Waals surface area contributed by atoms with Gasteiger partial charge in [-0.05, 0) is 120 Å². The molecule has 6 saturated heterocycles. The minimum Gasteiger partial charge on any atom is -0.394 e. The van der Waals surface area contributed by atoms with Crippen molar-refractivity contribution < 1.29 is 160 Å². The Balaban J connectivity index is 0.939. The predicted molar refractivity (Wildman–Crippen MR) is 327 cm³/mol. The summed E-state index contributed by atoms with van der Waals surface area (Å²) in [6.07, 6.45) is -51.2. The summed E-state index contributed by atoms with van der Waals surface area (Å²) >= 11 is 0. The SMILES string of the molecule is CC1OC(OC2C(OC3C(O)C(C)OC(OC4CC5C(=CC[C@@]6(C)C5CC[C@@H]6C(C)(O)CC(=O)[C@@H](C)C(C)C)[C@@]5(C)CC[C@H](OS(=O)(=O)O)CC45)C3O)OC(C)C(OC3OC(CO)C(OC4OC(CO)C(O)C(O)C4O)C(O)C3OC3OC(C)C(O)C(O)C3O)C2O)C(O)C(O)C1O. The first kappa shape index (κ1) is 78.7. The van der Waals surface area contributed by atoms with Gasteiger partial charge in [-0.1, -0.05) is 46.3 Å². The normalized spacial score (nSPS) is 51.9. The predicted octanol–water partition coefficient (Wildman–Crippen LogP) is -4.22. The van der Waals surface area contributed by atoms with E-state index in [9.17, 15) is 99.5 Å². The Bertz CT molecular complexity index is 2820. The van der Waals surface area contributed by atoms with Crippen molar-refractivity contribution in [3.05, 3.63) is 11.6 Å². The molecule has 10 rings (SSSR count). The van der Waals surface area contributed by atoms with Gasteiger partial charge in [-0.15, -0.1) is 0 Å². The summed E-state index contributed by atoms with van der Waals surface area (Å²) in [6, 6.07) is 0. The second-order valence-corrected chi connectivity index (χ2v) is 31.3. The Hall–Kier alpha value is -1.84. The van der Waals surface area contributed by atoms with E-state index >= 15 is 0 Å². The van der Waals surface area contributed by atoms with Gasteiger partial charge in [-0.2, -0.15) is 8.42 Å². The van der Waals surface area contributed by atoms with Crippen LogP contribution in [0.4, 0.5) is 0 Å². The van der Waals surface area contributed by atoms with Crippen molar-refractivity contribution in [2.75, 3.05) is 13.2 Å². The van der Waals surface area contributed by atoms with Crippen LogP contribution in [0.25, 0.3) is 0 Å². The monoisotopic (exact) mass is 1430 g/mol. The zero-order valence-electron chi connectivity index (χ0n) is 56.6. The molecule has 98 heavy (non-hydrogen) atoms. The van der Waals surface area contributed by atoms with Crippen molar-refractivity contribution in [2.24, 2.45) is 46.3 Å². The Kier molecular flexibility index (Phi) is 24.6. The average Bonchev–Trinajstić information content (AvgIpc) is 1.35. The third-order valence-electron chi connectivity index (χ3n) is 23.6. The van der Waals surface area contributed by atoms with Crippen molar-refractivity contribution in [2.45, 2.75) is 323 Å².